The van der Waals surface area contributed by atoms with Crippen LogP contribution in [0, 0.1) is 0 Å². The Morgan fingerprint density at radius 3 is 2.63 bits per heavy atom. The number of ether oxygens (including phenoxy) is 1. The second kappa shape index (κ2) is 7.96. The lowest BCUT2D eigenvalue weighted by atomic mass is 10.0. The number of nitrogens with zero attached hydrogens (tertiary/aromatic N) is 2. The van der Waals surface area contributed by atoms with E-state index in [1.807, 2.05) is 36.5 Å². The SMILES string of the molecule is COc1ccc(CN2C(=S)N[C@@H](c3ccccn3)[C@H]2c2ccc(Br)s2)cc1. The number of methoxy groups -OCH3 is 1. The summed E-state index contributed by atoms with van der Waals surface area (Å²) in [5.74, 6) is 0.853. The highest BCUT2D eigenvalue weighted by Gasteiger charge is 2.40. The van der Waals surface area contributed by atoms with E-state index in [0.717, 1.165) is 26.9 Å². The van der Waals surface area contributed by atoms with Crippen molar-refractivity contribution in [2.75, 3.05) is 7.11 Å². The Bertz CT molecular complexity index is 930. The molecule has 27 heavy (non-hydrogen) atoms. The van der Waals surface area contributed by atoms with Crippen LogP contribution in [-0.2, 0) is 6.54 Å². The van der Waals surface area contributed by atoms with Crippen molar-refractivity contribution < 1.29 is 4.74 Å². The summed E-state index contributed by atoms with van der Waals surface area (Å²) < 4.78 is 6.38. The third-order valence-corrected chi connectivity index (χ3v) is 6.64. The van der Waals surface area contributed by atoms with E-state index >= 15 is 0 Å². The molecule has 3 heterocycles. The third kappa shape index (κ3) is 3.85. The zero-order valence-electron chi connectivity index (χ0n) is 14.6. The fraction of sp³-hybridized carbons (Fsp3) is 0.200. The molecule has 0 saturated carbocycles. The molecule has 3 aromatic rings. The largest absolute Gasteiger partial charge is 0.497 e. The van der Waals surface area contributed by atoms with E-state index in [1.165, 1.54) is 10.4 Å². The second-order valence-electron chi connectivity index (χ2n) is 6.24. The van der Waals surface area contributed by atoms with Gasteiger partial charge >= 0.3 is 0 Å². The lowest BCUT2D eigenvalue weighted by molar-refractivity contribution is 0.315. The van der Waals surface area contributed by atoms with Crippen molar-refractivity contribution in [2.45, 2.75) is 18.6 Å². The highest BCUT2D eigenvalue weighted by atomic mass is 79.9. The first-order chi connectivity index (χ1) is 13.2. The molecule has 1 fully saturated rings. The molecule has 1 aliphatic heterocycles. The average molecular weight is 460 g/mol. The molecule has 1 saturated heterocycles. The fourth-order valence-electron chi connectivity index (χ4n) is 3.30. The first-order valence-corrected chi connectivity index (χ1v) is 10.5. The van der Waals surface area contributed by atoms with Gasteiger partial charge in [-0.05, 0) is 70.1 Å². The van der Waals surface area contributed by atoms with E-state index < -0.39 is 0 Å². The molecule has 0 amide bonds. The molecule has 138 valence electrons. The van der Waals surface area contributed by atoms with Gasteiger partial charge in [0.2, 0.25) is 0 Å². The standard InChI is InChI=1S/C20H18BrN3OS2/c1-25-14-7-5-13(6-8-14)12-24-19(16-9-10-17(21)27-16)18(23-20(24)26)15-4-2-3-11-22-15/h2-11,18-19H,12H2,1H3,(H,23,26)/t18-,19+/m0/s1. The minimum absolute atomic E-state index is 0.0162. The summed E-state index contributed by atoms with van der Waals surface area (Å²) in [6.45, 7) is 0.722. The van der Waals surface area contributed by atoms with Crippen LogP contribution in [0.5, 0.6) is 5.75 Å². The number of nitrogens with one attached hydrogen (secondary N) is 1. The van der Waals surface area contributed by atoms with Gasteiger partial charge in [0.05, 0.1) is 28.7 Å². The Morgan fingerprint density at radius 2 is 2.00 bits per heavy atom. The van der Waals surface area contributed by atoms with Gasteiger partial charge in [-0.1, -0.05) is 18.2 Å². The van der Waals surface area contributed by atoms with Gasteiger partial charge in [0.25, 0.3) is 0 Å². The number of benzene rings is 1. The lowest BCUT2D eigenvalue weighted by Gasteiger charge is -2.27. The number of pyridine rings is 1. The van der Waals surface area contributed by atoms with Crippen LogP contribution < -0.4 is 10.1 Å². The quantitative estimate of drug-likeness (QED) is 0.537. The number of hydrogen-bond acceptors (Lipinski definition) is 4. The highest BCUT2D eigenvalue weighted by Crippen LogP contribution is 2.42. The van der Waals surface area contributed by atoms with Crippen LogP contribution in [0.3, 0.4) is 0 Å². The van der Waals surface area contributed by atoms with Crippen molar-refractivity contribution in [1.82, 2.24) is 15.2 Å². The summed E-state index contributed by atoms with van der Waals surface area (Å²) in [6.07, 6.45) is 1.83. The van der Waals surface area contributed by atoms with Gasteiger partial charge in [-0.2, -0.15) is 0 Å². The maximum atomic E-state index is 5.70. The molecule has 0 unspecified atom stereocenters. The molecule has 4 nitrogen and oxygen atoms in total. The lowest BCUT2D eigenvalue weighted by Crippen LogP contribution is -2.28. The monoisotopic (exact) mass is 459 g/mol. The topological polar surface area (TPSA) is 37.4 Å². The first-order valence-electron chi connectivity index (χ1n) is 8.52. The smallest absolute Gasteiger partial charge is 0.170 e. The van der Waals surface area contributed by atoms with Crippen molar-refractivity contribution in [3.63, 3.8) is 0 Å². The number of rotatable bonds is 5. The molecule has 4 rings (SSSR count). The molecule has 1 aromatic carbocycles. The number of hydrogen-bond donors (Lipinski definition) is 1. The number of aromatic nitrogens is 1. The second-order valence-corrected chi connectivity index (χ2v) is 9.13. The van der Waals surface area contributed by atoms with Gasteiger partial charge in [-0.25, -0.2) is 0 Å². The van der Waals surface area contributed by atoms with E-state index in [-0.39, 0.29) is 12.1 Å². The minimum Gasteiger partial charge on any atom is -0.497 e. The van der Waals surface area contributed by atoms with Gasteiger partial charge < -0.3 is 15.0 Å². The highest BCUT2D eigenvalue weighted by molar-refractivity contribution is 9.11. The van der Waals surface area contributed by atoms with Crippen molar-refractivity contribution in [1.29, 1.82) is 0 Å². The predicted octanol–water partition coefficient (Wildman–Crippen LogP) is 5.09. The van der Waals surface area contributed by atoms with Crippen LogP contribution in [0.15, 0.2) is 64.6 Å². The number of thiocarbonyl (C=S) groups is 1. The normalized spacial score (nSPS) is 19.2. The van der Waals surface area contributed by atoms with Gasteiger partial charge in [-0.3, -0.25) is 4.98 Å². The molecule has 2 aromatic heterocycles. The van der Waals surface area contributed by atoms with Crippen LogP contribution in [0.1, 0.15) is 28.2 Å². The van der Waals surface area contributed by atoms with Crippen LogP contribution in [0.25, 0.3) is 0 Å². The Kier molecular flexibility index (Phi) is 5.43. The van der Waals surface area contributed by atoms with Crippen LogP contribution in [0.4, 0.5) is 0 Å². The first kappa shape index (κ1) is 18.4. The molecule has 7 heteroatoms. The molecule has 0 spiro atoms. The summed E-state index contributed by atoms with van der Waals surface area (Å²) in [5, 5.41) is 4.23. The number of thiophene rings is 1. The van der Waals surface area contributed by atoms with E-state index in [0.29, 0.717) is 0 Å². The molecule has 0 radical (unpaired) electrons. The molecule has 1 N–H and O–H groups in total. The Hall–Kier alpha value is -1.96. The van der Waals surface area contributed by atoms with Gasteiger partial charge in [-0.15, -0.1) is 11.3 Å². The summed E-state index contributed by atoms with van der Waals surface area (Å²) >= 11 is 11.0. The fourth-order valence-corrected chi connectivity index (χ4v) is 5.18. The van der Waals surface area contributed by atoms with Crippen molar-refractivity contribution >= 4 is 44.6 Å². The average Bonchev–Trinajstić information content (AvgIpc) is 3.26. The maximum Gasteiger partial charge on any atom is 0.170 e. The number of halogens is 1. The minimum atomic E-state index is 0.0162. The van der Waals surface area contributed by atoms with Crippen molar-refractivity contribution in [3.05, 3.63) is 80.7 Å². The zero-order chi connectivity index (χ0) is 18.8. The van der Waals surface area contributed by atoms with E-state index in [2.05, 4.69) is 55.4 Å². The Morgan fingerprint density at radius 1 is 1.19 bits per heavy atom. The molecule has 2 atom stereocenters. The van der Waals surface area contributed by atoms with E-state index in [1.54, 1.807) is 18.4 Å². The summed E-state index contributed by atoms with van der Waals surface area (Å²) in [7, 11) is 1.68. The Balaban J connectivity index is 1.68. The van der Waals surface area contributed by atoms with E-state index in [9.17, 15) is 0 Å². The zero-order valence-corrected chi connectivity index (χ0v) is 17.9. The maximum absolute atomic E-state index is 5.70. The molecular weight excluding hydrogens is 442 g/mol. The molecule has 0 aliphatic carbocycles. The molecule has 0 bridgehead atoms. The third-order valence-electron chi connectivity index (χ3n) is 4.60. The summed E-state index contributed by atoms with van der Waals surface area (Å²) in [6, 6.07) is 18.5. The predicted molar refractivity (Wildman–Crippen MR) is 116 cm³/mol. The van der Waals surface area contributed by atoms with Gasteiger partial charge in [0.1, 0.15) is 5.75 Å². The van der Waals surface area contributed by atoms with Crippen LogP contribution in [-0.4, -0.2) is 22.1 Å². The summed E-state index contributed by atoms with van der Waals surface area (Å²) in [4.78, 5) is 8.06. The van der Waals surface area contributed by atoms with Gasteiger partial charge in [0, 0.05) is 17.6 Å². The van der Waals surface area contributed by atoms with Crippen molar-refractivity contribution in [2.24, 2.45) is 0 Å². The van der Waals surface area contributed by atoms with Crippen LogP contribution in [0.2, 0.25) is 0 Å². The van der Waals surface area contributed by atoms with E-state index in [4.69, 9.17) is 17.0 Å². The molecule has 1 aliphatic rings. The van der Waals surface area contributed by atoms with Crippen molar-refractivity contribution in [3.8, 4) is 5.75 Å². The Labute approximate surface area is 176 Å². The summed E-state index contributed by atoms with van der Waals surface area (Å²) in [5.41, 5.74) is 2.17. The van der Waals surface area contributed by atoms with Crippen LogP contribution >= 0.6 is 39.5 Å². The van der Waals surface area contributed by atoms with Gasteiger partial charge in [0.15, 0.2) is 5.11 Å². The molecular formula is C20H18BrN3OS2.